The number of cyclic esters (lactones) is 2. The normalized spacial score (nSPS) is 38.7. The Kier molecular flexibility index (Phi) is 48.5. The number of hydrogen-bond acceptors (Lipinski definition) is 28. The Labute approximate surface area is 834 Å². The molecule has 2 amide bonds. The number of piperidine rings is 2. The third-order valence-corrected chi connectivity index (χ3v) is 30.9. The van der Waals surface area contributed by atoms with Crippen molar-refractivity contribution in [3.05, 3.63) is 95.2 Å². The van der Waals surface area contributed by atoms with Gasteiger partial charge in [0.2, 0.25) is 11.6 Å². The molecular weight excluding hydrogens is 1800 g/mol. The molecule has 30 nitrogen and oxygen atoms in total. The molecule has 794 valence electrons. The Balaban J connectivity index is 0.000000356. The fraction of sp³-hybridized carbons (Fsp3) is 0.773. The summed E-state index contributed by atoms with van der Waals surface area (Å²) in [4.78, 5) is 131. The van der Waals surface area contributed by atoms with Crippen LogP contribution < -0.4 is 0 Å². The van der Waals surface area contributed by atoms with Gasteiger partial charge in [-0.25, -0.2) is 9.59 Å². The van der Waals surface area contributed by atoms with Crippen molar-refractivity contribution in [2.75, 3.05) is 70.0 Å². The molecule has 6 bridgehead atoms. The summed E-state index contributed by atoms with van der Waals surface area (Å²) in [6.45, 7) is 34.1. The lowest BCUT2D eigenvalue weighted by Crippen LogP contribution is -2.61. The Morgan fingerprint density at radius 1 is 0.464 bits per heavy atom. The fourth-order valence-corrected chi connectivity index (χ4v) is 21.5. The molecule has 27 unspecified atom stereocenters. The van der Waals surface area contributed by atoms with Gasteiger partial charge in [0.15, 0.2) is 17.4 Å². The molecule has 5 N–H and O–H groups in total. The number of carbonyl (C=O) groups excluding carboxylic acids is 9. The van der Waals surface area contributed by atoms with Gasteiger partial charge in [-0.2, -0.15) is 0 Å². The van der Waals surface area contributed by atoms with E-state index in [2.05, 4.69) is 19.9 Å². The summed E-state index contributed by atoms with van der Waals surface area (Å²) in [6, 6.07) is -2.24. The van der Waals surface area contributed by atoms with Crippen LogP contribution in [0.4, 0.5) is 0 Å². The number of Topliss-reactive ketones (excluding diaryl/α,β-unsaturated/α-hetero) is 5. The predicted molar refractivity (Wildman–Crippen MR) is 531 cm³/mol. The van der Waals surface area contributed by atoms with E-state index < -0.39 is 167 Å². The van der Waals surface area contributed by atoms with Crippen LogP contribution in [0.5, 0.6) is 0 Å². The minimum atomic E-state index is -2.43. The molecule has 140 heavy (non-hydrogen) atoms. The molecule has 0 aromatic rings. The molecule has 0 spiro atoms. The first kappa shape index (κ1) is 120. The van der Waals surface area contributed by atoms with Gasteiger partial charge in [0.1, 0.15) is 60.3 Å². The molecule has 2 aliphatic carbocycles. The summed E-state index contributed by atoms with van der Waals surface area (Å²) in [6.07, 6.45) is 25.3. The second-order valence-corrected chi connectivity index (χ2v) is 42.8. The molecule has 30 heteroatoms. The van der Waals surface area contributed by atoms with Gasteiger partial charge in [-0.15, -0.1) is 0 Å². The quantitative estimate of drug-likeness (QED) is 0.0467. The van der Waals surface area contributed by atoms with Gasteiger partial charge >= 0.3 is 11.9 Å². The molecule has 7 aliphatic heterocycles. The van der Waals surface area contributed by atoms with Crippen LogP contribution in [0.25, 0.3) is 0 Å². The van der Waals surface area contributed by atoms with Crippen molar-refractivity contribution in [3.8, 4) is 0 Å². The molecule has 7 heterocycles. The van der Waals surface area contributed by atoms with Gasteiger partial charge in [-0.3, -0.25) is 33.6 Å². The smallest absolute Gasteiger partial charge is 0.329 e. The van der Waals surface area contributed by atoms with Crippen LogP contribution >= 0.6 is 0 Å². The number of amides is 2. The van der Waals surface area contributed by atoms with E-state index in [0.717, 1.165) is 36.0 Å². The van der Waals surface area contributed by atoms with Crippen molar-refractivity contribution in [1.29, 1.82) is 0 Å². The maximum Gasteiger partial charge on any atom is 0.329 e. The molecule has 9 rings (SSSR count). The summed E-state index contributed by atoms with van der Waals surface area (Å²) in [5, 5.41) is 56.4. The lowest BCUT2D eigenvalue weighted by Gasteiger charge is -2.48. The number of aliphatic hydroxyl groups excluding tert-OH is 3. The van der Waals surface area contributed by atoms with Crippen molar-refractivity contribution >= 4 is 52.7 Å². The minimum absolute atomic E-state index is 0.0193. The average Bonchev–Trinajstić information content (AvgIpc) is 0.772. The SMILES string of the molecule is COC(C)(C)OC.COC1CC2CC[C@@H](C)C(O)(O2)C(=O)C(=O)N2CCCCC2C(=O)OC(C(C)CC2CCC(O)C(OC)C2)CC(=O)C(C)/C=C(\C)C(O)C(OC)C(=O)[C@H](C)CC(C)/C=C/C=CC=C1C.COC1CC2CC[C@@H](C)C(O)(O2)C(=O)C(=O)N2CCCCC2C(=O)OC(C(C)CC2CCC(O)C(OC)C2)CC(=O)C(C)/C=C(\C)C2OC(C)(C)OC(C2OC)[C@H](C)CC(C)/C=C/C=C/C=C1C. The van der Waals surface area contributed by atoms with Gasteiger partial charge in [0.25, 0.3) is 23.4 Å². The zero-order valence-corrected chi connectivity index (χ0v) is 89.1. The number of methoxy groups -OCH3 is 8. The summed E-state index contributed by atoms with van der Waals surface area (Å²) < 4.78 is 82.4. The van der Waals surface area contributed by atoms with Crippen molar-refractivity contribution in [3.63, 3.8) is 0 Å². The number of ketones is 5. The molecule has 9 aliphatic rings. The van der Waals surface area contributed by atoms with Crippen LogP contribution in [-0.2, 0) is 109 Å². The van der Waals surface area contributed by atoms with Gasteiger partial charge in [-0.05, 0) is 248 Å². The zero-order chi connectivity index (χ0) is 104. The molecule has 2 saturated carbocycles. The van der Waals surface area contributed by atoms with E-state index in [-0.39, 0.29) is 122 Å². The number of esters is 2. The van der Waals surface area contributed by atoms with Gasteiger partial charge < -0.3 is 102 Å². The highest BCUT2D eigenvalue weighted by Crippen LogP contribution is 2.44. The predicted octanol–water partition coefficient (Wildman–Crippen LogP) is 15.0. The maximum atomic E-state index is 14.5. The monoisotopic (exact) mass is 1970 g/mol. The van der Waals surface area contributed by atoms with E-state index in [1.807, 2.05) is 144 Å². The van der Waals surface area contributed by atoms with E-state index in [1.165, 1.54) is 16.9 Å². The topological polar surface area (TPSA) is 390 Å². The lowest BCUT2D eigenvalue weighted by molar-refractivity contribution is -0.336. The first-order valence-electron chi connectivity index (χ1n) is 51.6. The van der Waals surface area contributed by atoms with Gasteiger partial charge in [0.05, 0.1) is 54.9 Å². The number of fused-ring (bicyclic) bond motifs is 8. The zero-order valence-electron chi connectivity index (χ0n) is 89.1. The van der Waals surface area contributed by atoms with Crippen LogP contribution in [0.1, 0.15) is 279 Å². The second-order valence-electron chi connectivity index (χ2n) is 42.8. The largest absolute Gasteiger partial charge is 0.460 e. The summed E-state index contributed by atoms with van der Waals surface area (Å²) in [5.74, 6) is -15.8. The minimum Gasteiger partial charge on any atom is -0.460 e. The number of aliphatic hydroxyl groups is 5. The third-order valence-electron chi connectivity index (χ3n) is 30.9. The number of hydrogen-bond donors (Lipinski definition) is 5. The summed E-state index contributed by atoms with van der Waals surface area (Å²) >= 11 is 0. The first-order valence-corrected chi connectivity index (χ1v) is 51.6. The number of allylic oxidation sites excluding steroid dienone is 12. The van der Waals surface area contributed by atoms with Gasteiger partial charge in [-0.1, -0.05) is 142 Å². The van der Waals surface area contributed by atoms with E-state index in [4.69, 9.17) is 66.3 Å². The van der Waals surface area contributed by atoms with E-state index in [0.29, 0.717) is 115 Å². The average molecular weight is 1970 g/mol. The van der Waals surface area contributed by atoms with E-state index in [9.17, 15) is 68.7 Å². The van der Waals surface area contributed by atoms with Crippen LogP contribution in [0.15, 0.2) is 95.2 Å². The summed E-state index contributed by atoms with van der Waals surface area (Å²) in [7, 11) is 12.6. The molecule has 0 radical (unpaired) electrons. The standard InChI is InChI=1S/C54H85NO13.C51H79NO13.C5H12O2/c1-32-18-14-13-15-19-33(2)44(62-10)30-40-23-21-38(7)54(61,66-40)50(58)51(59)55-25-17-16-20-41(55)52(60)65-45(35(4)28-39-22-24-42(56)46(29-39)63-11)31-43(57)34(3)27-37(6)48-49(64-12)47(36(5)26-32)67-53(8,9)68-48;1-30-16-12-11-13-17-31(2)42(61-8)28-38-21-19-36(7)51(60,65-38)48(57)49(58)52-23-15-14-18-39(52)50(59)64-43(33(4)26-37-20-22-40(53)44(27-37)62-9)29-41(54)32(3)25-35(6)46(56)47(63-10)45(55)34(5)24-30;1-5(2,6-3)7-4/h13-15,18-19,27,32,34-36,38-42,44-49,56,61H,16-17,20-26,28-31H2,1-12H3;11-13,16-17,25,30,32-34,36-40,42-44,46-47,53,56,60H,14-15,18-24,26-29H2,1-10H3;1-4H3/b15-13+,18-14+,33-19?,37-27+;13-11?,16-12+,31-17?,35-25+;/t32?,34?,35?,36-,38-,39?,40?,41?,42?,44?,45?,46?,47?,48?,49?,54?;30?,32?,33?,34-,36-,37?,38?,39?,40?,42?,43?,44?,46?,47?,51?;/m11./s1. The molecular formula is C110H176N2O28. The summed E-state index contributed by atoms with van der Waals surface area (Å²) in [5.41, 5.74) is 3.02. The first-order chi connectivity index (χ1) is 66.0. The Bertz CT molecular complexity index is 4250. The number of ether oxygens (including phenoxy) is 14. The fourth-order valence-electron chi connectivity index (χ4n) is 21.5. The highest BCUT2D eigenvalue weighted by atomic mass is 16.7. The molecule has 5 saturated heterocycles. The number of nitrogens with zero attached hydrogens (tertiary/aromatic N) is 2. The second kappa shape index (κ2) is 56.4. The molecule has 31 atom stereocenters. The van der Waals surface area contributed by atoms with Crippen LogP contribution in [0.2, 0.25) is 0 Å². The van der Waals surface area contributed by atoms with E-state index >= 15 is 0 Å². The van der Waals surface area contributed by atoms with Crippen molar-refractivity contribution in [2.24, 2.45) is 71.0 Å². The van der Waals surface area contributed by atoms with Crippen molar-refractivity contribution in [2.45, 2.75) is 406 Å². The molecule has 7 fully saturated rings. The van der Waals surface area contributed by atoms with Crippen molar-refractivity contribution in [1.82, 2.24) is 9.80 Å². The number of carbonyl (C=O) groups is 9. The number of rotatable bonds is 14. The Hall–Kier alpha value is -6.53. The molecule has 0 aromatic heterocycles. The van der Waals surface area contributed by atoms with Crippen LogP contribution in [0, 0.1) is 71.0 Å². The van der Waals surface area contributed by atoms with Crippen LogP contribution in [0.3, 0.4) is 0 Å². The van der Waals surface area contributed by atoms with Crippen LogP contribution in [-0.4, -0.2) is 285 Å². The Morgan fingerprint density at radius 3 is 1.28 bits per heavy atom. The van der Waals surface area contributed by atoms with Gasteiger partial charge in [0, 0.05) is 125 Å². The molecule has 0 aromatic carbocycles. The highest BCUT2D eigenvalue weighted by Gasteiger charge is 2.56. The highest BCUT2D eigenvalue weighted by molar-refractivity contribution is 6.39. The lowest BCUT2D eigenvalue weighted by atomic mass is 9.78. The van der Waals surface area contributed by atoms with E-state index in [1.54, 1.807) is 83.5 Å². The third kappa shape index (κ3) is 33.8. The maximum absolute atomic E-state index is 14.5. The Morgan fingerprint density at radius 2 is 0.886 bits per heavy atom. The van der Waals surface area contributed by atoms with Crippen molar-refractivity contribution < 1.29 is 135 Å².